The van der Waals surface area contributed by atoms with Crippen LogP contribution in [0.4, 0.5) is 11.7 Å². The van der Waals surface area contributed by atoms with Gasteiger partial charge in [-0.3, -0.25) is 0 Å². The quantitative estimate of drug-likeness (QED) is 0.856. The first-order valence-electron chi connectivity index (χ1n) is 4.60. The Hall–Kier alpha value is -1.26. The number of nitrogens with one attached hydrogen (secondary N) is 1. The van der Waals surface area contributed by atoms with Gasteiger partial charge in [0.25, 0.3) is 0 Å². The van der Waals surface area contributed by atoms with Crippen LogP contribution >= 0.6 is 23.2 Å². The van der Waals surface area contributed by atoms with Crippen LogP contribution in [0.3, 0.4) is 0 Å². The number of nitrogens with zero attached hydrogens (tertiary/aromatic N) is 2. The van der Waals surface area contributed by atoms with Crippen molar-refractivity contribution in [2.75, 3.05) is 5.32 Å². The van der Waals surface area contributed by atoms with Gasteiger partial charge in [0.2, 0.25) is 5.89 Å². The normalized spacial score (nSPS) is 10.4. The highest BCUT2D eigenvalue weighted by molar-refractivity contribution is 6.30. The second kappa shape index (κ2) is 4.72. The smallest absolute Gasteiger partial charge is 0.320 e. The maximum Gasteiger partial charge on any atom is 0.320 e. The molecule has 0 bridgehead atoms. The van der Waals surface area contributed by atoms with E-state index in [1.807, 2.05) is 19.1 Å². The first-order valence-corrected chi connectivity index (χ1v) is 5.52. The molecule has 0 fully saturated rings. The summed E-state index contributed by atoms with van der Waals surface area (Å²) < 4.78 is 5.22. The fourth-order valence-corrected chi connectivity index (χ4v) is 1.48. The molecule has 2 rings (SSSR count). The highest BCUT2D eigenvalue weighted by atomic mass is 35.5. The number of aromatic nitrogens is 2. The van der Waals surface area contributed by atoms with E-state index in [0.29, 0.717) is 16.9 Å². The lowest BCUT2D eigenvalue weighted by Gasteiger charge is -2.05. The van der Waals surface area contributed by atoms with E-state index < -0.39 is 0 Å². The van der Waals surface area contributed by atoms with Gasteiger partial charge in [0, 0.05) is 10.7 Å². The average Bonchev–Trinajstić information content (AvgIpc) is 2.71. The molecule has 0 radical (unpaired) electrons. The van der Waals surface area contributed by atoms with E-state index in [1.54, 1.807) is 6.07 Å². The number of alkyl halides is 1. The van der Waals surface area contributed by atoms with Crippen LogP contribution < -0.4 is 5.32 Å². The van der Waals surface area contributed by atoms with Crippen molar-refractivity contribution in [1.82, 2.24) is 10.2 Å². The summed E-state index contributed by atoms with van der Waals surface area (Å²) in [6.45, 7) is 1.96. The summed E-state index contributed by atoms with van der Waals surface area (Å²) in [5.41, 5.74) is 1.87. The maximum absolute atomic E-state index is 5.89. The predicted molar refractivity (Wildman–Crippen MR) is 63.3 cm³/mol. The molecule has 0 aliphatic carbocycles. The van der Waals surface area contributed by atoms with Crippen molar-refractivity contribution in [2.24, 2.45) is 0 Å². The van der Waals surface area contributed by atoms with Crippen LogP contribution in [0.1, 0.15) is 11.5 Å². The molecule has 0 saturated heterocycles. The molecule has 0 aliphatic rings. The molecule has 4 nitrogen and oxygen atoms in total. The van der Waals surface area contributed by atoms with Crippen molar-refractivity contribution < 1.29 is 4.42 Å². The standard InChI is InChI=1S/C10H9Cl2N3O/c1-6-2-3-7(12)4-8(6)13-10-15-14-9(5-11)16-10/h2-4H,5H2,1H3,(H,13,15). The molecule has 6 heteroatoms. The molecule has 0 atom stereocenters. The van der Waals surface area contributed by atoms with E-state index >= 15 is 0 Å². The second-order valence-corrected chi connectivity index (χ2v) is 3.92. The summed E-state index contributed by atoms with van der Waals surface area (Å²) in [5, 5.41) is 11.2. The van der Waals surface area contributed by atoms with E-state index in [-0.39, 0.29) is 5.88 Å². The van der Waals surface area contributed by atoms with Gasteiger partial charge in [0.1, 0.15) is 5.88 Å². The van der Waals surface area contributed by atoms with Crippen molar-refractivity contribution >= 4 is 34.9 Å². The summed E-state index contributed by atoms with van der Waals surface area (Å²) >= 11 is 11.4. The number of rotatable bonds is 3. The lowest BCUT2D eigenvalue weighted by molar-refractivity contribution is 0.530. The summed E-state index contributed by atoms with van der Waals surface area (Å²) in [6, 6.07) is 5.83. The lowest BCUT2D eigenvalue weighted by Crippen LogP contribution is -1.93. The molecule has 84 valence electrons. The first kappa shape index (κ1) is 11.2. The molecule has 2 aromatic rings. The number of hydrogen-bond donors (Lipinski definition) is 1. The van der Waals surface area contributed by atoms with Gasteiger partial charge in [-0.25, -0.2) is 0 Å². The zero-order chi connectivity index (χ0) is 11.5. The third-order valence-corrected chi connectivity index (χ3v) is 2.49. The van der Waals surface area contributed by atoms with Gasteiger partial charge in [-0.05, 0) is 24.6 Å². The molecule has 16 heavy (non-hydrogen) atoms. The largest absolute Gasteiger partial charge is 0.407 e. The van der Waals surface area contributed by atoms with Crippen LogP contribution in [0.5, 0.6) is 0 Å². The molecule has 1 aromatic heterocycles. The Morgan fingerprint density at radius 3 is 2.88 bits per heavy atom. The van der Waals surface area contributed by atoms with Crippen LogP contribution in [0.15, 0.2) is 22.6 Å². The van der Waals surface area contributed by atoms with E-state index in [1.165, 1.54) is 0 Å². The minimum Gasteiger partial charge on any atom is -0.407 e. The topological polar surface area (TPSA) is 51.0 Å². The van der Waals surface area contributed by atoms with Crippen molar-refractivity contribution in [2.45, 2.75) is 12.8 Å². The van der Waals surface area contributed by atoms with Crippen molar-refractivity contribution in [3.8, 4) is 0 Å². The van der Waals surface area contributed by atoms with E-state index in [4.69, 9.17) is 27.6 Å². The molecule has 0 unspecified atom stereocenters. The molecule has 1 heterocycles. The fourth-order valence-electron chi connectivity index (χ4n) is 1.20. The molecule has 0 aliphatic heterocycles. The van der Waals surface area contributed by atoms with Crippen LogP contribution in [0, 0.1) is 6.92 Å². The van der Waals surface area contributed by atoms with Gasteiger partial charge >= 0.3 is 6.01 Å². The summed E-state index contributed by atoms with van der Waals surface area (Å²) in [6.07, 6.45) is 0. The Labute approximate surface area is 103 Å². The van der Waals surface area contributed by atoms with E-state index in [9.17, 15) is 0 Å². The van der Waals surface area contributed by atoms with E-state index in [2.05, 4.69) is 15.5 Å². The molecule has 0 spiro atoms. The maximum atomic E-state index is 5.89. The summed E-state index contributed by atoms with van der Waals surface area (Å²) in [4.78, 5) is 0. The van der Waals surface area contributed by atoms with Gasteiger partial charge in [-0.2, -0.15) is 0 Å². The number of hydrogen-bond acceptors (Lipinski definition) is 4. The highest BCUT2D eigenvalue weighted by Crippen LogP contribution is 2.23. The minimum absolute atomic E-state index is 0.198. The third kappa shape index (κ3) is 2.46. The van der Waals surface area contributed by atoms with Crippen LogP contribution in [-0.2, 0) is 5.88 Å². The average molecular weight is 258 g/mol. The van der Waals surface area contributed by atoms with Gasteiger partial charge in [0.15, 0.2) is 0 Å². The Morgan fingerprint density at radius 2 is 2.19 bits per heavy atom. The van der Waals surface area contributed by atoms with Crippen molar-refractivity contribution in [3.05, 3.63) is 34.7 Å². The molecular formula is C10H9Cl2N3O. The van der Waals surface area contributed by atoms with Gasteiger partial charge < -0.3 is 9.73 Å². The first-order chi connectivity index (χ1) is 7.69. The minimum atomic E-state index is 0.198. The number of benzene rings is 1. The highest BCUT2D eigenvalue weighted by Gasteiger charge is 2.06. The Balaban J connectivity index is 2.22. The molecule has 1 aromatic carbocycles. The molecular weight excluding hydrogens is 249 g/mol. The van der Waals surface area contributed by atoms with Crippen molar-refractivity contribution in [1.29, 1.82) is 0 Å². The van der Waals surface area contributed by atoms with Crippen LogP contribution in [0.2, 0.25) is 5.02 Å². The number of aryl methyl sites for hydroxylation is 1. The molecule has 0 saturated carbocycles. The Bertz CT molecular complexity index is 499. The van der Waals surface area contributed by atoms with E-state index in [0.717, 1.165) is 11.3 Å². The van der Waals surface area contributed by atoms with Gasteiger partial charge in [-0.1, -0.05) is 22.8 Å². The fraction of sp³-hybridized carbons (Fsp3) is 0.200. The van der Waals surface area contributed by atoms with Gasteiger partial charge in [-0.15, -0.1) is 16.7 Å². The Kier molecular flexibility index (Phi) is 3.31. The summed E-state index contributed by atoms with van der Waals surface area (Å²) in [7, 11) is 0. The third-order valence-electron chi connectivity index (χ3n) is 2.02. The van der Waals surface area contributed by atoms with Crippen LogP contribution in [0.25, 0.3) is 0 Å². The zero-order valence-electron chi connectivity index (χ0n) is 8.50. The van der Waals surface area contributed by atoms with Gasteiger partial charge in [0.05, 0.1) is 0 Å². The molecule has 0 amide bonds. The van der Waals surface area contributed by atoms with Crippen molar-refractivity contribution in [3.63, 3.8) is 0 Å². The number of halogens is 2. The lowest BCUT2D eigenvalue weighted by atomic mass is 10.2. The monoisotopic (exact) mass is 257 g/mol. The Morgan fingerprint density at radius 1 is 1.38 bits per heavy atom. The summed E-state index contributed by atoms with van der Waals surface area (Å²) in [5.74, 6) is 0.576. The SMILES string of the molecule is Cc1ccc(Cl)cc1Nc1nnc(CCl)o1. The van der Waals surface area contributed by atoms with Crippen LogP contribution in [-0.4, -0.2) is 10.2 Å². The molecule has 1 N–H and O–H groups in total. The second-order valence-electron chi connectivity index (χ2n) is 3.22. The number of anilines is 2. The zero-order valence-corrected chi connectivity index (χ0v) is 10.0. The predicted octanol–water partition coefficient (Wildman–Crippen LogP) is 3.51.